The van der Waals surface area contributed by atoms with Crippen molar-refractivity contribution < 1.29 is 9.53 Å². The van der Waals surface area contributed by atoms with Crippen molar-refractivity contribution >= 4 is 5.91 Å². The molecular weight excluding hydrogens is 240 g/mol. The van der Waals surface area contributed by atoms with Crippen LogP contribution >= 0.6 is 0 Å². The summed E-state index contributed by atoms with van der Waals surface area (Å²) in [5.41, 5.74) is 0. The Morgan fingerprint density at radius 3 is 2.58 bits per heavy atom. The van der Waals surface area contributed by atoms with Gasteiger partial charge >= 0.3 is 0 Å². The summed E-state index contributed by atoms with van der Waals surface area (Å²) in [6.07, 6.45) is 4.11. The number of hydrogen-bond acceptors (Lipinski definition) is 3. The first-order chi connectivity index (χ1) is 9.15. The Morgan fingerprint density at radius 1 is 1.26 bits per heavy atom. The zero-order valence-corrected chi connectivity index (χ0v) is 12.4. The molecule has 0 aliphatic carbocycles. The summed E-state index contributed by atoms with van der Waals surface area (Å²) in [6.45, 7) is 9.31. The number of likely N-dealkylation sites (tertiary alicyclic amines) is 1. The molecule has 1 N–H and O–H groups in total. The van der Waals surface area contributed by atoms with Crippen LogP contribution in [0.1, 0.15) is 39.5 Å². The monoisotopic (exact) mass is 268 g/mol. The Labute approximate surface area is 116 Å². The molecule has 2 saturated heterocycles. The second-order valence-corrected chi connectivity index (χ2v) is 6.31. The molecular formula is C15H28N2O2. The molecule has 1 amide bonds. The van der Waals surface area contributed by atoms with Crippen molar-refractivity contribution in [3.63, 3.8) is 0 Å². The largest absolute Gasteiger partial charge is 0.381 e. The summed E-state index contributed by atoms with van der Waals surface area (Å²) >= 11 is 0. The minimum atomic E-state index is 0.210. The van der Waals surface area contributed by atoms with Gasteiger partial charge in [-0.15, -0.1) is 0 Å². The summed E-state index contributed by atoms with van der Waals surface area (Å²) in [5.74, 6) is 1.32. The third-order valence-electron chi connectivity index (χ3n) is 4.47. The van der Waals surface area contributed by atoms with Gasteiger partial charge in [-0.1, -0.05) is 0 Å². The minimum Gasteiger partial charge on any atom is -0.381 e. The van der Waals surface area contributed by atoms with Crippen molar-refractivity contribution in [3.8, 4) is 0 Å². The van der Waals surface area contributed by atoms with E-state index in [1.54, 1.807) is 0 Å². The average molecular weight is 268 g/mol. The maximum atomic E-state index is 11.8. The van der Waals surface area contributed by atoms with Crippen LogP contribution in [0.15, 0.2) is 0 Å². The van der Waals surface area contributed by atoms with Crippen molar-refractivity contribution in [1.29, 1.82) is 0 Å². The van der Waals surface area contributed by atoms with E-state index in [4.69, 9.17) is 4.74 Å². The lowest BCUT2D eigenvalue weighted by Gasteiger charge is -2.34. The molecule has 0 spiro atoms. The van der Waals surface area contributed by atoms with Gasteiger partial charge in [-0.05, 0) is 58.0 Å². The van der Waals surface area contributed by atoms with E-state index < -0.39 is 0 Å². The molecule has 2 aliphatic rings. The summed E-state index contributed by atoms with van der Waals surface area (Å²) in [5, 5.41) is 3.11. The highest BCUT2D eigenvalue weighted by Crippen LogP contribution is 2.19. The van der Waals surface area contributed by atoms with Crippen molar-refractivity contribution in [2.75, 3.05) is 32.8 Å². The standard InChI is InChI=1S/C15H28N2O2/c1-12(2)17-6-3-13(4-7-17)10-16-15(18)9-14-5-8-19-11-14/h12-14H,3-11H2,1-2H3,(H,16,18)/t14-/m1/s1. The summed E-state index contributed by atoms with van der Waals surface area (Å²) in [6, 6.07) is 0.651. The van der Waals surface area contributed by atoms with E-state index in [9.17, 15) is 4.79 Å². The smallest absolute Gasteiger partial charge is 0.220 e. The molecule has 110 valence electrons. The van der Waals surface area contributed by atoms with E-state index in [1.807, 2.05) is 0 Å². The average Bonchev–Trinajstić information content (AvgIpc) is 2.89. The van der Waals surface area contributed by atoms with E-state index in [0.29, 0.717) is 24.3 Å². The summed E-state index contributed by atoms with van der Waals surface area (Å²) in [4.78, 5) is 14.4. The molecule has 2 heterocycles. The lowest BCUT2D eigenvalue weighted by molar-refractivity contribution is -0.122. The van der Waals surface area contributed by atoms with E-state index in [0.717, 1.165) is 26.2 Å². The van der Waals surface area contributed by atoms with Gasteiger partial charge in [-0.25, -0.2) is 0 Å². The Morgan fingerprint density at radius 2 is 2.00 bits per heavy atom. The quantitative estimate of drug-likeness (QED) is 0.824. The predicted molar refractivity (Wildman–Crippen MR) is 76.0 cm³/mol. The van der Waals surface area contributed by atoms with Gasteiger partial charge in [0.05, 0.1) is 0 Å². The topological polar surface area (TPSA) is 41.6 Å². The molecule has 0 radical (unpaired) electrons. The Balaban J connectivity index is 1.59. The fraction of sp³-hybridized carbons (Fsp3) is 0.933. The Hall–Kier alpha value is -0.610. The molecule has 0 bridgehead atoms. The van der Waals surface area contributed by atoms with Crippen LogP contribution in [0.5, 0.6) is 0 Å². The maximum Gasteiger partial charge on any atom is 0.220 e. The SMILES string of the molecule is CC(C)N1CCC(CNC(=O)C[C@H]2CCOC2)CC1. The van der Waals surface area contributed by atoms with Crippen LogP contribution in [0.25, 0.3) is 0 Å². The van der Waals surface area contributed by atoms with Crippen LogP contribution in [0.2, 0.25) is 0 Å². The molecule has 2 fully saturated rings. The lowest BCUT2D eigenvalue weighted by Crippen LogP contribution is -2.41. The van der Waals surface area contributed by atoms with Crippen molar-refractivity contribution in [2.45, 2.75) is 45.6 Å². The highest BCUT2D eigenvalue weighted by atomic mass is 16.5. The van der Waals surface area contributed by atoms with E-state index in [-0.39, 0.29) is 5.91 Å². The van der Waals surface area contributed by atoms with Gasteiger partial charge in [-0.2, -0.15) is 0 Å². The molecule has 2 aliphatic heterocycles. The molecule has 0 unspecified atom stereocenters. The Bertz CT molecular complexity index is 280. The fourth-order valence-electron chi connectivity index (χ4n) is 3.01. The van der Waals surface area contributed by atoms with E-state index in [1.165, 1.54) is 25.9 Å². The zero-order chi connectivity index (χ0) is 13.7. The van der Waals surface area contributed by atoms with Crippen molar-refractivity contribution in [1.82, 2.24) is 10.2 Å². The molecule has 4 heteroatoms. The first-order valence-corrected chi connectivity index (χ1v) is 7.73. The number of carbonyl (C=O) groups excluding carboxylic acids is 1. The van der Waals surface area contributed by atoms with Crippen LogP contribution in [0.3, 0.4) is 0 Å². The summed E-state index contributed by atoms with van der Waals surface area (Å²) < 4.78 is 5.30. The van der Waals surface area contributed by atoms with Crippen molar-refractivity contribution in [2.24, 2.45) is 11.8 Å². The molecule has 0 aromatic heterocycles. The highest BCUT2D eigenvalue weighted by molar-refractivity contribution is 5.76. The van der Waals surface area contributed by atoms with Crippen LogP contribution in [-0.2, 0) is 9.53 Å². The number of carbonyl (C=O) groups is 1. The first-order valence-electron chi connectivity index (χ1n) is 7.73. The molecule has 1 atom stereocenters. The van der Waals surface area contributed by atoms with Gasteiger partial charge in [0.25, 0.3) is 0 Å². The molecule has 0 aromatic rings. The van der Waals surface area contributed by atoms with Crippen LogP contribution in [0.4, 0.5) is 0 Å². The normalized spacial score (nSPS) is 25.9. The number of hydrogen-bond donors (Lipinski definition) is 1. The minimum absolute atomic E-state index is 0.210. The van der Waals surface area contributed by atoms with Crippen LogP contribution in [-0.4, -0.2) is 49.7 Å². The van der Waals surface area contributed by atoms with Crippen LogP contribution < -0.4 is 5.32 Å². The van der Waals surface area contributed by atoms with E-state index in [2.05, 4.69) is 24.1 Å². The Kier molecular flexibility index (Phi) is 5.64. The van der Waals surface area contributed by atoms with Gasteiger partial charge in [0.2, 0.25) is 5.91 Å². The molecule has 0 aromatic carbocycles. The number of amides is 1. The third-order valence-corrected chi connectivity index (χ3v) is 4.47. The zero-order valence-electron chi connectivity index (χ0n) is 12.4. The number of nitrogens with zero attached hydrogens (tertiary/aromatic N) is 1. The second kappa shape index (κ2) is 7.25. The molecule has 19 heavy (non-hydrogen) atoms. The van der Waals surface area contributed by atoms with Crippen LogP contribution in [0, 0.1) is 11.8 Å². The van der Waals surface area contributed by atoms with E-state index >= 15 is 0 Å². The molecule has 4 nitrogen and oxygen atoms in total. The summed E-state index contributed by atoms with van der Waals surface area (Å²) in [7, 11) is 0. The highest BCUT2D eigenvalue weighted by Gasteiger charge is 2.22. The lowest BCUT2D eigenvalue weighted by atomic mass is 9.95. The van der Waals surface area contributed by atoms with Gasteiger partial charge in [0, 0.05) is 32.2 Å². The maximum absolute atomic E-state index is 11.8. The number of nitrogens with one attached hydrogen (secondary N) is 1. The van der Waals surface area contributed by atoms with Gasteiger partial charge < -0.3 is 15.0 Å². The van der Waals surface area contributed by atoms with Gasteiger partial charge in [0.15, 0.2) is 0 Å². The second-order valence-electron chi connectivity index (χ2n) is 6.31. The van der Waals surface area contributed by atoms with Gasteiger partial charge in [0.1, 0.15) is 0 Å². The number of piperidine rings is 1. The number of rotatable bonds is 5. The fourth-order valence-corrected chi connectivity index (χ4v) is 3.01. The number of ether oxygens (including phenoxy) is 1. The predicted octanol–water partition coefficient (Wildman–Crippen LogP) is 1.65. The molecule has 0 saturated carbocycles. The molecule has 2 rings (SSSR count). The third kappa shape index (κ3) is 4.77. The first kappa shape index (κ1) is 14.8. The van der Waals surface area contributed by atoms with Crippen molar-refractivity contribution in [3.05, 3.63) is 0 Å². The van der Waals surface area contributed by atoms with Gasteiger partial charge in [-0.3, -0.25) is 4.79 Å².